The molecule has 1 aromatic carbocycles. The average molecular weight is 447 g/mol. The van der Waals surface area contributed by atoms with Gasteiger partial charge in [0.05, 0.1) is 23.8 Å². The summed E-state index contributed by atoms with van der Waals surface area (Å²) in [5, 5.41) is 4.51. The topological polar surface area (TPSA) is 128 Å². The van der Waals surface area contributed by atoms with Crippen molar-refractivity contribution in [1.29, 1.82) is 0 Å². The fraction of sp³-hybridized carbons (Fsp3) is 0.182. The highest BCUT2D eigenvalue weighted by Crippen LogP contribution is 2.35. The van der Waals surface area contributed by atoms with Crippen molar-refractivity contribution in [2.24, 2.45) is 0 Å². The van der Waals surface area contributed by atoms with E-state index in [9.17, 15) is 18.8 Å². The molecule has 0 unspecified atom stereocenters. The maximum Gasteiger partial charge on any atom is 0.285 e. The number of fused-ring (bicyclic) bond motifs is 1. The third-order valence-electron chi connectivity index (χ3n) is 5.56. The van der Waals surface area contributed by atoms with E-state index in [1.807, 2.05) is 0 Å². The molecular formula is C22H18FN7O3. The minimum Gasteiger partial charge on any atom is -0.368 e. The number of nitrogens with two attached hydrogens (primary N) is 1. The van der Waals surface area contributed by atoms with E-state index in [1.165, 1.54) is 23.9 Å². The van der Waals surface area contributed by atoms with E-state index in [2.05, 4.69) is 15.1 Å². The summed E-state index contributed by atoms with van der Waals surface area (Å²) in [6, 6.07) is 9.03. The summed E-state index contributed by atoms with van der Waals surface area (Å²) in [6.45, 7) is 1.29. The molecule has 1 aliphatic heterocycles. The van der Waals surface area contributed by atoms with Crippen LogP contribution in [0.3, 0.4) is 0 Å². The number of para-hydroxylation sites is 1. The lowest BCUT2D eigenvalue weighted by molar-refractivity contribution is -0.116. The molecule has 0 amide bonds. The van der Waals surface area contributed by atoms with E-state index in [4.69, 9.17) is 5.73 Å². The molecule has 0 bridgehead atoms. The Kier molecular flexibility index (Phi) is 4.73. The maximum absolute atomic E-state index is 14.4. The lowest BCUT2D eigenvalue weighted by Gasteiger charge is -2.27. The third-order valence-corrected chi connectivity index (χ3v) is 5.56. The molecule has 0 radical (unpaired) electrons. The van der Waals surface area contributed by atoms with E-state index in [-0.39, 0.29) is 53.2 Å². The molecule has 0 saturated carbocycles. The summed E-state index contributed by atoms with van der Waals surface area (Å²) >= 11 is 0. The number of hydrogen-bond donors (Lipinski definition) is 1. The number of nitrogen functional groups attached to an aromatic ring is 1. The van der Waals surface area contributed by atoms with Crippen molar-refractivity contribution in [2.45, 2.75) is 19.4 Å². The number of hydrogen-bond acceptors (Lipinski definition) is 8. The van der Waals surface area contributed by atoms with E-state index in [0.29, 0.717) is 5.69 Å². The van der Waals surface area contributed by atoms with Gasteiger partial charge in [0, 0.05) is 18.8 Å². The zero-order chi connectivity index (χ0) is 23.3. The molecule has 2 N–H and O–H groups in total. The molecule has 4 heterocycles. The number of carbonyl (C=O) groups excluding carboxylic acids is 2. The van der Waals surface area contributed by atoms with Gasteiger partial charge in [-0.1, -0.05) is 18.2 Å². The number of halogens is 1. The van der Waals surface area contributed by atoms with E-state index in [0.717, 1.165) is 10.6 Å². The predicted molar refractivity (Wildman–Crippen MR) is 117 cm³/mol. The molecular weight excluding hydrogens is 429 g/mol. The monoisotopic (exact) mass is 447 g/mol. The largest absolute Gasteiger partial charge is 0.368 e. The fourth-order valence-corrected chi connectivity index (χ4v) is 4.09. The quantitative estimate of drug-likeness (QED) is 0.468. The van der Waals surface area contributed by atoms with Gasteiger partial charge in [-0.3, -0.25) is 19.0 Å². The van der Waals surface area contributed by atoms with Crippen molar-refractivity contribution < 1.29 is 14.0 Å². The van der Waals surface area contributed by atoms with Crippen molar-refractivity contribution in [3.8, 4) is 5.69 Å². The van der Waals surface area contributed by atoms with Crippen LogP contribution in [-0.4, -0.2) is 42.3 Å². The molecule has 1 saturated heterocycles. The van der Waals surface area contributed by atoms with Crippen LogP contribution in [0.25, 0.3) is 11.2 Å². The van der Waals surface area contributed by atoms with Crippen LogP contribution < -0.4 is 16.2 Å². The molecule has 166 valence electrons. The molecule has 5 rings (SSSR count). The number of rotatable bonds is 4. The predicted octanol–water partition coefficient (Wildman–Crippen LogP) is 1.72. The van der Waals surface area contributed by atoms with Gasteiger partial charge in [0.1, 0.15) is 5.82 Å². The highest BCUT2D eigenvalue weighted by molar-refractivity contribution is 6.00. The molecule has 4 aromatic rings. The summed E-state index contributed by atoms with van der Waals surface area (Å²) in [5.41, 5.74) is 5.58. The van der Waals surface area contributed by atoms with Gasteiger partial charge in [-0.15, -0.1) is 0 Å². The zero-order valence-corrected chi connectivity index (χ0v) is 17.5. The smallest absolute Gasteiger partial charge is 0.285 e. The van der Waals surface area contributed by atoms with Gasteiger partial charge < -0.3 is 10.6 Å². The maximum atomic E-state index is 14.4. The molecule has 11 heteroatoms. The minimum absolute atomic E-state index is 0.00971. The normalized spacial score (nSPS) is 16.0. The molecule has 1 aliphatic rings. The van der Waals surface area contributed by atoms with Crippen LogP contribution in [0.5, 0.6) is 0 Å². The highest BCUT2D eigenvalue weighted by Gasteiger charge is 2.38. The zero-order valence-electron chi connectivity index (χ0n) is 17.5. The minimum atomic E-state index is -0.757. The van der Waals surface area contributed by atoms with Gasteiger partial charge in [-0.2, -0.15) is 10.1 Å². The van der Waals surface area contributed by atoms with Crippen LogP contribution in [0.2, 0.25) is 0 Å². The fourth-order valence-electron chi connectivity index (χ4n) is 4.09. The summed E-state index contributed by atoms with van der Waals surface area (Å²) in [6.07, 6.45) is 2.66. The average Bonchev–Trinajstić information content (AvgIpc) is 3.36. The van der Waals surface area contributed by atoms with E-state index < -0.39 is 17.4 Å². The van der Waals surface area contributed by atoms with Crippen LogP contribution in [0.4, 0.5) is 16.2 Å². The van der Waals surface area contributed by atoms with Crippen molar-refractivity contribution >= 4 is 28.8 Å². The Bertz CT molecular complexity index is 1480. The molecule has 1 atom stereocenters. The van der Waals surface area contributed by atoms with Crippen LogP contribution in [-0.2, 0) is 4.79 Å². The Hall–Kier alpha value is -4.41. The van der Waals surface area contributed by atoms with Crippen molar-refractivity contribution in [2.75, 3.05) is 17.2 Å². The van der Waals surface area contributed by atoms with Crippen LogP contribution >= 0.6 is 0 Å². The summed E-state index contributed by atoms with van der Waals surface area (Å²) < 4.78 is 16.8. The number of nitrogens with zero attached hydrogens (tertiary/aromatic N) is 6. The first-order valence-electron chi connectivity index (χ1n) is 10.1. The molecule has 10 nitrogen and oxygen atoms in total. The Morgan fingerprint density at radius 3 is 2.67 bits per heavy atom. The number of benzene rings is 1. The van der Waals surface area contributed by atoms with Gasteiger partial charge in [-0.05, 0) is 25.1 Å². The SMILES string of the molecule is CC(=O)c1cnc(N)nc1N1CC(=O)C[C@H]1c1nn2ccc(F)c2c(=O)n1-c1ccccc1. The number of carbonyl (C=O) groups is 2. The Labute approximate surface area is 186 Å². The molecule has 1 fully saturated rings. The van der Waals surface area contributed by atoms with Crippen molar-refractivity contribution in [3.05, 3.63) is 76.4 Å². The van der Waals surface area contributed by atoms with Gasteiger partial charge in [0.25, 0.3) is 5.56 Å². The summed E-state index contributed by atoms with van der Waals surface area (Å²) in [5.74, 6) is -0.834. The Balaban J connectivity index is 1.78. The summed E-state index contributed by atoms with van der Waals surface area (Å²) in [7, 11) is 0. The number of Topliss-reactive ketones (excluding diaryl/α,β-unsaturated/α-hetero) is 2. The number of aromatic nitrogens is 5. The first-order chi connectivity index (χ1) is 15.8. The summed E-state index contributed by atoms with van der Waals surface area (Å²) in [4.78, 5) is 47.9. The van der Waals surface area contributed by atoms with Crippen molar-refractivity contribution in [1.82, 2.24) is 24.1 Å². The number of anilines is 2. The lowest BCUT2D eigenvalue weighted by atomic mass is 10.1. The van der Waals surface area contributed by atoms with E-state index >= 15 is 0 Å². The van der Waals surface area contributed by atoms with Crippen molar-refractivity contribution in [3.63, 3.8) is 0 Å². The van der Waals surface area contributed by atoms with Gasteiger partial charge >= 0.3 is 0 Å². The second-order valence-corrected chi connectivity index (χ2v) is 7.70. The Morgan fingerprint density at radius 2 is 1.94 bits per heavy atom. The molecule has 3 aromatic heterocycles. The standard InChI is InChI=1S/C22H18FN7O3/c1-12(31)15-10-25-22(24)26-19(15)28-11-14(32)9-17(28)20-27-29-8-7-16(23)18(29)21(33)30(20)13-5-3-2-4-6-13/h2-8,10,17H,9,11H2,1H3,(H2,24,25,26)/t17-/m0/s1. The second kappa shape index (κ2) is 7.62. The Morgan fingerprint density at radius 1 is 1.18 bits per heavy atom. The van der Waals surface area contributed by atoms with Crippen LogP contribution in [0, 0.1) is 5.82 Å². The van der Waals surface area contributed by atoms with Gasteiger partial charge in [0.15, 0.2) is 28.7 Å². The first kappa shape index (κ1) is 20.5. The third kappa shape index (κ3) is 3.34. The van der Waals surface area contributed by atoms with Crippen LogP contribution in [0.1, 0.15) is 35.6 Å². The molecule has 0 spiro atoms. The lowest BCUT2D eigenvalue weighted by Crippen LogP contribution is -2.34. The van der Waals surface area contributed by atoms with Gasteiger partial charge in [-0.25, -0.2) is 13.9 Å². The second-order valence-electron chi connectivity index (χ2n) is 7.70. The van der Waals surface area contributed by atoms with Gasteiger partial charge in [0.2, 0.25) is 5.95 Å². The molecule has 33 heavy (non-hydrogen) atoms. The van der Waals surface area contributed by atoms with Crippen LogP contribution in [0.15, 0.2) is 53.6 Å². The highest BCUT2D eigenvalue weighted by atomic mass is 19.1. The first-order valence-corrected chi connectivity index (χ1v) is 10.1. The van der Waals surface area contributed by atoms with E-state index in [1.54, 1.807) is 35.2 Å². The number of ketones is 2. The molecule has 0 aliphatic carbocycles.